The zero-order valence-corrected chi connectivity index (χ0v) is 9.59. The topological polar surface area (TPSA) is 30.2 Å². The summed E-state index contributed by atoms with van der Waals surface area (Å²) >= 11 is 5.86. The zero-order valence-electron chi connectivity index (χ0n) is 8.84. The number of pyridine rings is 1. The molecule has 0 saturated carbocycles. The van der Waals surface area contributed by atoms with Gasteiger partial charge in [0.25, 0.3) is 6.43 Å². The Labute approximate surface area is 96.1 Å². The smallest absolute Gasteiger partial charge is 0.212 e. The Morgan fingerprint density at radius 3 is 2.75 bits per heavy atom. The molecule has 16 heavy (non-hydrogen) atoms. The Hall–Kier alpha value is -1.23. The summed E-state index contributed by atoms with van der Waals surface area (Å²) in [7, 11) is 0. The summed E-state index contributed by atoms with van der Waals surface area (Å²) in [5.74, 6) is 0.594. The van der Waals surface area contributed by atoms with Gasteiger partial charge < -0.3 is 0 Å². The van der Waals surface area contributed by atoms with Gasteiger partial charge in [-0.2, -0.15) is 0 Å². The molecule has 0 aliphatic heterocycles. The molecule has 0 saturated heterocycles. The molecule has 2 rings (SSSR count). The molecule has 3 nitrogen and oxygen atoms in total. The molecule has 0 radical (unpaired) electrons. The van der Waals surface area contributed by atoms with Crippen LogP contribution in [0.15, 0.2) is 6.07 Å². The minimum Gasteiger partial charge on any atom is -0.212 e. The van der Waals surface area contributed by atoms with Crippen molar-refractivity contribution in [2.24, 2.45) is 0 Å². The van der Waals surface area contributed by atoms with Gasteiger partial charge in [-0.15, -0.1) is 5.10 Å². The predicted molar refractivity (Wildman–Crippen MR) is 57.1 cm³/mol. The first-order chi connectivity index (χ1) is 7.54. The maximum Gasteiger partial charge on any atom is 0.266 e. The van der Waals surface area contributed by atoms with Gasteiger partial charge in [0.1, 0.15) is 5.15 Å². The van der Waals surface area contributed by atoms with E-state index in [2.05, 4.69) is 10.1 Å². The number of fused-ring (bicyclic) bond motifs is 1. The zero-order chi connectivity index (χ0) is 11.9. The molecule has 6 heteroatoms. The quantitative estimate of drug-likeness (QED) is 0.761. The lowest BCUT2D eigenvalue weighted by molar-refractivity contribution is 0.151. The Balaban J connectivity index is 2.77. The first-order valence-corrected chi connectivity index (χ1v) is 5.25. The average molecular weight is 246 g/mol. The van der Waals surface area contributed by atoms with Crippen LogP contribution in [0.1, 0.15) is 30.3 Å². The summed E-state index contributed by atoms with van der Waals surface area (Å²) in [5.41, 5.74) is 0.970. The van der Waals surface area contributed by atoms with Crippen molar-refractivity contribution in [1.29, 1.82) is 0 Å². The Morgan fingerprint density at radius 1 is 1.50 bits per heavy atom. The van der Waals surface area contributed by atoms with E-state index in [4.69, 9.17) is 11.6 Å². The highest BCUT2D eigenvalue weighted by atomic mass is 35.5. The molecule has 0 amide bonds. The molecule has 0 spiro atoms. The molecule has 2 aromatic rings. The maximum atomic E-state index is 12.7. The van der Waals surface area contributed by atoms with Crippen molar-refractivity contribution >= 4 is 17.2 Å². The molecule has 2 heterocycles. The second-order valence-corrected chi connectivity index (χ2v) is 3.85. The molecular weight excluding hydrogens is 236 g/mol. The number of nitrogens with zero attached hydrogens (tertiary/aromatic N) is 3. The number of halogens is 3. The van der Waals surface area contributed by atoms with E-state index in [1.54, 1.807) is 6.92 Å². The van der Waals surface area contributed by atoms with Crippen molar-refractivity contribution in [3.63, 3.8) is 0 Å². The SMILES string of the molecule is CCc1nc2c(C)cc(C(F)F)c(Cl)n2n1. The van der Waals surface area contributed by atoms with Gasteiger partial charge in [0, 0.05) is 6.42 Å². The third kappa shape index (κ3) is 1.65. The molecule has 0 unspecified atom stereocenters. The van der Waals surface area contributed by atoms with Crippen LogP contribution in [0.25, 0.3) is 5.65 Å². The second-order valence-electron chi connectivity index (χ2n) is 3.49. The van der Waals surface area contributed by atoms with Crippen molar-refractivity contribution in [2.75, 3.05) is 0 Å². The standard InChI is InChI=1S/C10H10ClF2N3/c1-3-7-14-10-5(2)4-6(9(12)13)8(11)16(10)15-7/h4,9H,3H2,1-2H3. The normalized spacial score (nSPS) is 11.6. The van der Waals surface area contributed by atoms with Gasteiger partial charge in [0.15, 0.2) is 11.5 Å². The van der Waals surface area contributed by atoms with Crippen LogP contribution in [0.3, 0.4) is 0 Å². The van der Waals surface area contributed by atoms with E-state index in [-0.39, 0.29) is 10.7 Å². The van der Waals surface area contributed by atoms with E-state index in [1.807, 2.05) is 6.92 Å². The van der Waals surface area contributed by atoms with Gasteiger partial charge in [-0.1, -0.05) is 18.5 Å². The molecule has 0 aromatic carbocycles. The Bertz CT molecular complexity index is 536. The molecule has 0 fully saturated rings. The molecule has 0 N–H and O–H groups in total. The van der Waals surface area contributed by atoms with E-state index < -0.39 is 6.43 Å². The summed E-state index contributed by atoms with van der Waals surface area (Å²) in [4.78, 5) is 4.21. The van der Waals surface area contributed by atoms with Crippen LogP contribution in [0.2, 0.25) is 5.15 Å². The highest BCUT2D eigenvalue weighted by Crippen LogP contribution is 2.29. The summed E-state index contributed by atoms with van der Waals surface area (Å²) in [6.07, 6.45) is -1.97. The van der Waals surface area contributed by atoms with Gasteiger partial charge in [-0.25, -0.2) is 18.3 Å². The van der Waals surface area contributed by atoms with Gasteiger partial charge >= 0.3 is 0 Å². The van der Waals surface area contributed by atoms with E-state index in [9.17, 15) is 8.78 Å². The van der Waals surface area contributed by atoms with Crippen LogP contribution in [0.5, 0.6) is 0 Å². The summed E-state index contributed by atoms with van der Waals surface area (Å²) in [5, 5.41) is 4.01. The number of alkyl halides is 2. The van der Waals surface area contributed by atoms with Crippen molar-refractivity contribution < 1.29 is 8.78 Å². The molecule has 0 bridgehead atoms. The number of aryl methyl sites for hydroxylation is 2. The van der Waals surface area contributed by atoms with Crippen LogP contribution in [-0.2, 0) is 6.42 Å². The van der Waals surface area contributed by atoms with Crippen LogP contribution in [-0.4, -0.2) is 14.6 Å². The van der Waals surface area contributed by atoms with Crippen LogP contribution in [0.4, 0.5) is 8.78 Å². The van der Waals surface area contributed by atoms with E-state index in [0.29, 0.717) is 23.5 Å². The molecular formula is C10H10ClF2N3. The highest BCUT2D eigenvalue weighted by molar-refractivity contribution is 6.30. The van der Waals surface area contributed by atoms with Crippen molar-refractivity contribution in [1.82, 2.24) is 14.6 Å². The Kier molecular flexibility index (Phi) is 2.80. The van der Waals surface area contributed by atoms with Gasteiger partial charge in [0.05, 0.1) is 5.56 Å². The lowest BCUT2D eigenvalue weighted by atomic mass is 10.2. The average Bonchev–Trinajstić information content (AvgIpc) is 2.67. The fourth-order valence-corrected chi connectivity index (χ4v) is 1.78. The first kappa shape index (κ1) is 11.3. The van der Waals surface area contributed by atoms with Gasteiger partial charge in [0.2, 0.25) is 0 Å². The molecule has 86 valence electrons. The fraction of sp³-hybridized carbons (Fsp3) is 0.400. The van der Waals surface area contributed by atoms with Crippen molar-refractivity contribution in [3.8, 4) is 0 Å². The lowest BCUT2D eigenvalue weighted by Gasteiger charge is -2.06. The van der Waals surface area contributed by atoms with Crippen LogP contribution in [0, 0.1) is 6.92 Å². The van der Waals surface area contributed by atoms with E-state index >= 15 is 0 Å². The molecule has 0 aliphatic carbocycles. The summed E-state index contributed by atoms with van der Waals surface area (Å²) < 4.78 is 26.6. The van der Waals surface area contributed by atoms with Crippen LogP contribution < -0.4 is 0 Å². The van der Waals surface area contributed by atoms with Gasteiger partial charge in [-0.3, -0.25) is 0 Å². The number of rotatable bonds is 2. The van der Waals surface area contributed by atoms with Crippen molar-refractivity contribution in [3.05, 3.63) is 28.2 Å². The van der Waals surface area contributed by atoms with Crippen LogP contribution >= 0.6 is 11.6 Å². The lowest BCUT2D eigenvalue weighted by Crippen LogP contribution is -1.98. The van der Waals surface area contributed by atoms with Gasteiger partial charge in [-0.05, 0) is 18.6 Å². The summed E-state index contributed by atoms with van der Waals surface area (Å²) in [6.45, 7) is 3.61. The minimum atomic E-state index is -2.61. The maximum absolute atomic E-state index is 12.7. The van der Waals surface area contributed by atoms with Crippen molar-refractivity contribution in [2.45, 2.75) is 26.7 Å². The number of hydrogen-bond acceptors (Lipinski definition) is 2. The predicted octanol–water partition coefficient (Wildman–Crippen LogP) is 3.19. The molecule has 0 aliphatic rings. The highest BCUT2D eigenvalue weighted by Gasteiger charge is 2.18. The second kappa shape index (κ2) is 3.97. The summed E-state index contributed by atoms with van der Waals surface area (Å²) in [6, 6.07) is 1.36. The monoisotopic (exact) mass is 245 g/mol. The molecule has 0 atom stereocenters. The third-order valence-corrected chi connectivity index (χ3v) is 2.73. The minimum absolute atomic E-state index is 0.0669. The first-order valence-electron chi connectivity index (χ1n) is 4.87. The third-order valence-electron chi connectivity index (χ3n) is 2.35. The van der Waals surface area contributed by atoms with E-state index in [0.717, 1.165) is 0 Å². The number of hydrogen-bond donors (Lipinski definition) is 0. The number of aromatic nitrogens is 3. The largest absolute Gasteiger partial charge is 0.266 e. The Morgan fingerprint density at radius 2 is 2.19 bits per heavy atom. The van der Waals surface area contributed by atoms with E-state index in [1.165, 1.54) is 10.6 Å². The molecule has 2 aromatic heterocycles. The fourth-order valence-electron chi connectivity index (χ4n) is 1.53.